The van der Waals surface area contributed by atoms with Crippen molar-refractivity contribution in [2.75, 3.05) is 21.3 Å². The molecule has 0 fully saturated rings. The van der Waals surface area contributed by atoms with E-state index >= 15 is 0 Å². The molecule has 1 N–H and O–H groups in total. The largest absolute Gasteiger partial charge is 0.493 e. The molecule has 29 heavy (non-hydrogen) atoms. The van der Waals surface area contributed by atoms with Gasteiger partial charge in [-0.3, -0.25) is 4.79 Å². The molecular weight excluding hydrogens is 374 g/mol. The Morgan fingerprint density at radius 3 is 2.28 bits per heavy atom. The van der Waals surface area contributed by atoms with E-state index in [1.165, 1.54) is 21.3 Å². The molecule has 3 aromatic rings. The fourth-order valence-corrected chi connectivity index (χ4v) is 2.81. The summed E-state index contributed by atoms with van der Waals surface area (Å²) in [5.74, 6) is 1.93. The zero-order chi connectivity index (χ0) is 21.0. The maximum Gasteiger partial charge on any atom is 0.258 e. The minimum absolute atomic E-state index is 0.0444. The fraction of sp³-hybridized carbons (Fsp3) is 0.286. The summed E-state index contributed by atoms with van der Waals surface area (Å²) >= 11 is 0. The number of hydrogen-bond acceptors (Lipinski definition) is 7. The molecule has 0 saturated carbocycles. The highest BCUT2D eigenvalue weighted by atomic mass is 16.5. The van der Waals surface area contributed by atoms with E-state index in [-0.39, 0.29) is 17.8 Å². The van der Waals surface area contributed by atoms with E-state index < -0.39 is 0 Å². The summed E-state index contributed by atoms with van der Waals surface area (Å²) in [5.41, 5.74) is 1.81. The van der Waals surface area contributed by atoms with E-state index in [1.54, 1.807) is 30.3 Å². The van der Waals surface area contributed by atoms with Crippen LogP contribution in [0, 0.1) is 0 Å². The molecule has 0 radical (unpaired) electrons. The Morgan fingerprint density at radius 1 is 1.00 bits per heavy atom. The Kier molecular flexibility index (Phi) is 6.01. The number of nitrogens with one attached hydrogen (secondary N) is 1. The predicted octanol–water partition coefficient (Wildman–Crippen LogP) is 3.57. The molecule has 8 heteroatoms. The van der Waals surface area contributed by atoms with E-state index in [1.807, 2.05) is 19.9 Å². The maximum atomic E-state index is 12.3. The van der Waals surface area contributed by atoms with Crippen LogP contribution < -0.4 is 19.5 Å². The third-order valence-electron chi connectivity index (χ3n) is 4.14. The van der Waals surface area contributed by atoms with Gasteiger partial charge in [0.2, 0.25) is 11.6 Å². The molecule has 2 aromatic carbocycles. The highest BCUT2D eigenvalue weighted by molar-refractivity contribution is 5.95. The predicted molar refractivity (Wildman–Crippen MR) is 107 cm³/mol. The molecule has 1 aromatic heterocycles. The average molecular weight is 397 g/mol. The van der Waals surface area contributed by atoms with Crippen molar-refractivity contribution in [3.63, 3.8) is 0 Å². The summed E-state index contributed by atoms with van der Waals surface area (Å²) in [6.45, 7) is 3.81. The molecule has 0 spiro atoms. The number of nitrogens with zero attached hydrogens (tertiary/aromatic N) is 2. The van der Waals surface area contributed by atoms with Crippen LogP contribution in [0.2, 0.25) is 0 Å². The summed E-state index contributed by atoms with van der Waals surface area (Å²) in [4.78, 5) is 16.7. The third-order valence-corrected chi connectivity index (χ3v) is 4.14. The second-order valence-corrected chi connectivity index (χ2v) is 6.55. The molecule has 0 saturated heterocycles. The van der Waals surface area contributed by atoms with Gasteiger partial charge in [-0.25, -0.2) is 0 Å². The first-order valence-corrected chi connectivity index (χ1v) is 9.02. The molecule has 0 aliphatic rings. The van der Waals surface area contributed by atoms with Crippen molar-refractivity contribution in [2.24, 2.45) is 0 Å². The van der Waals surface area contributed by atoms with Gasteiger partial charge in [0, 0.05) is 22.7 Å². The van der Waals surface area contributed by atoms with Crippen molar-refractivity contribution in [1.29, 1.82) is 0 Å². The number of methoxy groups -OCH3 is 3. The Balaban J connectivity index is 1.95. The lowest BCUT2D eigenvalue weighted by atomic mass is 10.1. The first-order valence-electron chi connectivity index (χ1n) is 9.02. The smallest absolute Gasteiger partial charge is 0.258 e. The highest BCUT2D eigenvalue weighted by Gasteiger charge is 2.18. The molecule has 1 heterocycles. The summed E-state index contributed by atoms with van der Waals surface area (Å²) < 4.78 is 21.5. The second kappa shape index (κ2) is 8.64. The van der Waals surface area contributed by atoms with Gasteiger partial charge in [0.1, 0.15) is 0 Å². The molecule has 152 valence electrons. The van der Waals surface area contributed by atoms with Crippen LogP contribution in [0.5, 0.6) is 17.2 Å². The summed E-state index contributed by atoms with van der Waals surface area (Å²) in [6, 6.07) is 10.6. The monoisotopic (exact) mass is 397 g/mol. The molecule has 0 bridgehead atoms. The quantitative estimate of drug-likeness (QED) is 0.651. The zero-order valence-electron chi connectivity index (χ0n) is 17.0. The van der Waals surface area contributed by atoms with E-state index in [0.29, 0.717) is 39.8 Å². The minimum Gasteiger partial charge on any atom is -0.493 e. The maximum absolute atomic E-state index is 12.3. The first kappa shape index (κ1) is 20.2. The van der Waals surface area contributed by atoms with Crippen LogP contribution in [0.3, 0.4) is 0 Å². The van der Waals surface area contributed by atoms with Gasteiger partial charge in [0.05, 0.1) is 21.3 Å². The molecule has 8 nitrogen and oxygen atoms in total. The van der Waals surface area contributed by atoms with Gasteiger partial charge in [-0.1, -0.05) is 17.3 Å². The van der Waals surface area contributed by atoms with Crippen molar-refractivity contribution >= 4 is 5.91 Å². The van der Waals surface area contributed by atoms with Gasteiger partial charge in [-0.15, -0.1) is 0 Å². The Labute approximate surface area is 168 Å². The van der Waals surface area contributed by atoms with E-state index in [2.05, 4.69) is 15.5 Å². The number of amides is 1. The number of ether oxygens (including phenoxy) is 3. The summed E-state index contributed by atoms with van der Waals surface area (Å²) in [6.07, 6.45) is 0. The first-order chi connectivity index (χ1) is 14.0. The number of benzene rings is 2. The SMILES string of the molecule is COc1cc(-c2nc(-c3cccc(C(=O)NC(C)C)c3)no2)cc(OC)c1OC. The van der Waals surface area contributed by atoms with E-state index in [4.69, 9.17) is 18.7 Å². The normalized spacial score (nSPS) is 10.7. The standard InChI is InChI=1S/C21H23N3O5/c1-12(2)22-20(25)14-8-6-7-13(9-14)19-23-21(29-24-19)15-10-16(26-3)18(28-5)17(11-15)27-4/h6-12H,1-5H3,(H,22,25). The Hall–Kier alpha value is -3.55. The molecule has 0 atom stereocenters. The number of hydrogen-bond donors (Lipinski definition) is 1. The van der Waals surface area contributed by atoms with Gasteiger partial charge in [0.25, 0.3) is 11.8 Å². The van der Waals surface area contributed by atoms with Gasteiger partial charge in [-0.2, -0.15) is 4.98 Å². The van der Waals surface area contributed by atoms with Gasteiger partial charge in [0.15, 0.2) is 11.5 Å². The van der Waals surface area contributed by atoms with Crippen LogP contribution in [0.1, 0.15) is 24.2 Å². The van der Waals surface area contributed by atoms with Crippen LogP contribution in [0.25, 0.3) is 22.8 Å². The third kappa shape index (κ3) is 4.31. The topological polar surface area (TPSA) is 95.7 Å². The van der Waals surface area contributed by atoms with Crippen molar-refractivity contribution in [2.45, 2.75) is 19.9 Å². The van der Waals surface area contributed by atoms with Gasteiger partial charge >= 0.3 is 0 Å². The van der Waals surface area contributed by atoms with Crippen molar-refractivity contribution in [1.82, 2.24) is 15.5 Å². The van der Waals surface area contributed by atoms with Crippen LogP contribution in [-0.2, 0) is 0 Å². The van der Waals surface area contributed by atoms with Gasteiger partial charge < -0.3 is 24.1 Å². The molecule has 0 unspecified atom stereocenters. The number of aromatic nitrogens is 2. The summed E-state index contributed by atoms with van der Waals surface area (Å²) in [7, 11) is 4.61. The second-order valence-electron chi connectivity index (χ2n) is 6.55. The van der Waals surface area contributed by atoms with E-state index in [0.717, 1.165) is 0 Å². The zero-order valence-corrected chi connectivity index (χ0v) is 17.0. The Morgan fingerprint density at radius 2 is 1.69 bits per heavy atom. The van der Waals surface area contributed by atoms with Crippen molar-refractivity contribution < 1.29 is 23.5 Å². The molecule has 1 amide bonds. The lowest BCUT2D eigenvalue weighted by Crippen LogP contribution is -2.30. The van der Waals surface area contributed by atoms with Crippen LogP contribution >= 0.6 is 0 Å². The molecular formula is C21H23N3O5. The fourth-order valence-electron chi connectivity index (χ4n) is 2.81. The van der Waals surface area contributed by atoms with Crippen LogP contribution in [-0.4, -0.2) is 43.4 Å². The lowest BCUT2D eigenvalue weighted by molar-refractivity contribution is 0.0943. The molecule has 0 aliphatic heterocycles. The van der Waals surface area contributed by atoms with Crippen LogP contribution in [0.15, 0.2) is 40.9 Å². The van der Waals surface area contributed by atoms with Gasteiger partial charge in [-0.05, 0) is 38.1 Å². The van der Waals surface area contributed by atoms with Crippen molar-refractivity contribution in [3.05, 3.63) is 42.0 Å². The highest BCUT2D eigenvalue weighted by Crippen LogP contribution is 2.41. The lowest BCUT2D eigenvalue weighted by Gasteiger charge is -2.12. The summed E-state index contributed by atoms with van der Waals surface area (Å²) in [5, 5.41) is 6.91. The Bertz CT molecular complexity index is 988. The average Bonchev–Trinajstić information content (AvgIpc) is 3.22. The number of rotatable bonds is 7. The van der Waals surface area contributed by atoms with Crippen molar-refractivity contribution in [3.8, 4) is 40.1 Å². The molecule has 0 aliphatic carbocycles. The van der Waals surface area contributed by atoms with E-state index in [9.17, 15) is 4.79 Å². The molecule has 3 rings (SSSR count). The number of carbonyl (C=O) groups excluding carboxylic acids is 1. The van der Waals surface area contributed by atoms with Crippen LogP contribution in [0.4, 0.5) is 0 Å². The minimum atomic E-state index is -0.157. The number of carbonyl (C=O) groups is 1.